The van der Waals surface area contributed by atoms with Gasteiger partial charge in [-0.05, 0) is 32.6 Å². The van der Waals surface area contributed by atoms with E-state index in [1.165, 1.54) is 0 Å². The van der Waals surface area contributed by atoms with Crippen LogP contribution in [0.1, 0.15) is 15.9 Å². The van der Waals surface area contributed by atoms with Gasteiger partial charge in [-0.15, -0.1) is 0 Å². The molecule has 92 valence electrons. The van der Waals surface area contributed by atoms with Crippen molar-refractivity contribution in [2.45, 2.75) is 13.0 Å². The monoisotopic (exact) mass is 233 g/mol. The van der Waals surface area contributed by atoms with E-state index in [9.17, 15) is 4.79 Å². The summed E-state index contributed by atoms with van der Waals surface area (Å²) in [5.41, 5.74) is 1.75. The lowest BCUT2D eigenvalue weighted by Crippen LogP contribution is -2.53. The molecular weight excluding hydrogens is 214 g/mol. The molecule has 0 aromatic carbocycles. The minimum atomic E-state index is -0.0441. The Kier molecular flexibility index (Phi) is 3.54. The van der Waals surface area contributed by atoms with E-state index in [0.717, 1.165) is 30.8 Å². The van der Waals surface area contributed by atoms with Crippen molar-refractivity contribution in [3.05, 3.63) is 29.6 Å². The highest BCUT2D eigenvalue weighted by Crippen LogP contribution is 2.13. The van der Waals surface area contributed by atoms with Gasteiger partial charge in [0.25, 0.3) is 0 Å². The average molecular weight is 233 g/mol. The summed E-state index contributed by atoms with van der Waals surface area (Å²) >= 11 is 0. The first kappa shape index (κ1) is 12.2. The SMILES string of the molecule is Cc1cncc(C(=O)C2CN(C)CCN2C)c1. The first-order valence-electron chi connectivity index (χ1n) is 5.92. The molecule has 1 unspecified atom stereocenters. The summed E-state index contributed by atoms with van der Waals surface area (Å²) < 4.78 is 0. The predicted molar refractivity (Wildman–Crippen MR) is 67.2 cm³/mol. The van der Waals surface area contributed by atoms with Gasteiger partial charge in [-0.3, -0.25) is 14.7 Å². The van der Waals surface area contributed by atoms with Gasteiger partial charge in [0.1, 0.15) is 0 Å². The van der Waals surface area contributed by atoms with Crippen LogP contribution in [0.4, 0.5) is 0 Å². The number of carbonyl (C=O) groups excluding carboxylic acids is 1. The van der Waals surface area contributed by atoms with Crippen LogP contribution in [0.3, 0.4) is 0 Å². The van der Waals surface area contributed by atoms with Gasteiger partial charge < -0.3 is 4.90 Å². The van der Waals surface area contributed by atoms with E-state index < -0.39 is 0 Å². The summed E-state index contributed by atoms with van der Waals surface area (Å²) in [4.78, 5) is 20.8. The first-order chi connectivity index (χ1) is 8.08. The molecular formula is C13H19N3O. The van der Waals surface area contributed by atoms with E-state index in [0.29, 0.717) is 0 Å². The Morgan fingerprint density at radius 2 is 2.12 bits per heavy atom. The third-order valence-corrected chi connectivity index (χ3v) is 3.31. The second-order valence-electron chi connectivity index (χ2n) is 4.87. The minimum Gasteiger partial charge on any atom is -0.303 e. The van der Waals surface area contributed by atoms with Gasteiger partial charge >= 0.3 is 0 Å². The van der Waals surface area contributed by atoms with Crippen molar-refractivity contribution in [1.29, 1.82) is 0 Å². The number of carbonyl (C=O) groups is 1. The minimum absolute atomic E-state index is 0.0441. The highest BCUT2D eigenvalue weighted by molar-refractivity contribution is 6.00. The van der Waals surface area contributed by atoms with Gasteiger partial charge in [0.2, 0.25) is 0 Å². The summed E-state index contributed by atoms with van der Waals surface area (Å²) in [6.45, 7) is 4.71. The standard InChI is InChI=1S/C13H19N3O/c1-10-6-11(8-14-7-10)13(17)12-9-15(2)4-5-16(12)3/h6-8,12H,4-5,9H2,1-3H3. The van der Waals surface area contributed by atoms with Crippen molar-refractivity contribution < 1.29 is 4.79 Å². The second-order valence-corrected chi connectivity index (χ2v) is 4.87. The van der Waals surface area contributed by atoms with Crippen LogP contribution >= 0.6 is 0 Å². The maximum atomic E-state index is 12.4. The Morgan fingerprint density at radius 3 is 2.82 bits per heavy atom. The zero-order valence-electron chi connectivity index (χ0n) is 10.7. The number of hydrogen-bond donors (Lipinski definition) is 0. The molecule has 0 amide bonds. The van der Waals surface area contributed by atoms with Gasteiger partial charge in [-0.25, -0.2) is 0 Å². The Morgan fingerprint density at radius 1 is 1.35 bits per heavy atom. The smallest absolute Gasteiger partial charge is 0.182 e. The van der Waals surface area contributed by atoms with E-state index in [2.05, 4.69) is 21.8 Å². The molecule has 0 radical (unpaired) electrons. The number of aromatic nitrogens is 1. The lowest BCUT2D eigenvalue weighted by molar-refractivity contribution is 0.0686. The molecule has 2 heterocycles. The molecule has 4 nitrogen and oxygen atoms in total. The molecule has 17 heavy (non-hydrogen) atoms. The molecule has 1 aromatic heterocycles. The quantitative estimate of drug-likeness (QED) is 0.709. The van der Waals surface area contributed by atoms with Crippen LogP contribution in [0.2, 0.25) is 0 Å². The highest BCUT2D eigenvalue weighted by Gasteiger charge is 2.29. The predicted octanol–water partition coefficient (Wildman–Crippen LogP) is 0.819. The lowest BCUT2D eigenvalue weighted by atomic mass is 10.0. The Labute approximate surface area is 102 Å². The van der Waals surface area contributed by atoms with Crippen molar-refractivity contribution in [1.82, 2.24) is 14.8 Å². The van der Waals surface area contributed by atoms with Crippen LogP contribution < -0.4 is 0 Å². The van der Waals surface area contributed by atoms with E-state index in [-0.39, 0.29) is 11.8 Å². The maximum absolute atomic E-state index is 12.4. The zero-order chi connectivity index (χ0) is 12.4. The van der Waals surface area contributed by atoms with Crippen LogP contribution in [0, 0.1) is 6.92 Å². The number of likely N-dealkylation sites (N-methyl/N-ethyl adjacent to an activating group) is 2. The van der Waals surface area contributed by atoms with E-state index in [1.807, 2.05) is 20.0 Å². The second kappa shape index (κ2) is 4.94. The van der Waals surface area contributed by atoms with Gasteiger partial charge in [0.05, 0.1) is 6.04 Å². The molecule has 1 atom stereocenters. The fourth-order valence-corrected chi connectivity index (χ4v) is 2.18. The van der Waals surface area contributed by atoms with Crippen LogP contribution in [-0.2, 0) is 0 Å². The molecule has 1 saturated heterocycles. The first-order valence-corrected chi connectivity index (χ1v) is 5.92. The topological polar surface area (TPSA) is 36.4 Å². The number of rotatable bonds is 2. The largest absolute Gasteiger partial charge is 0.303 e. The van der Waals surface area contributed by atoms with Crippen LogP contribution in [0.15, 0.2) is 18.5 Å². The fourth-order valence-electron chi connectivity index (χ4n) is 2.18. The Balaban J connectivity index is 2.18. The number of nitrogens with zero attached hydrogens (tertiary/aromatic N) is 3. The van der Waals surface area contributed by atoms with Crippen molar-refractivity contribution in [3.8, 4) is 0 Å². The molecule has 1 aromatic rings. The van der Waals surface area contributed by atoms with Gasteiger partial charge in [-0.2, -0.15) is 0 Å². The number of pyridine rings is 1. The highest BCUT2D eigenvalue weighted by atomic mass is 16.1. The number of Topliss-reactive ketones (excluding diaryl/α,β-unsaturated/α-hetero) is 1. The molecule has 0 N–H and O–H groups in total. The van der Waals surface area contributed by atoms with Gasteiger partial charge in [-0.1, -0.05) is 0 Å². The number of ketones is 1. The van der Waals surface area contributed by atoms with Gasteiger partial charge in [0.15, 0.2) is 5.78 Å². The molecule has 1 aliphatic rings. The lowest BCUT2D eigenvalue weighted by Gasteiger charge is -2.36. The molecule has 0 saturated carbocycles. The average Bonchev–Trinajstić information content (AvgIpc) is 2.31. The molecule has 0 aliphatic carbocycles. The number of piperazine rings is 1. The summed E-state index contributed by atoms with van der Waals surface area (Å²) in [6.07, 6.45) is 3.44. The van der Waals surface area contributed by atoms with E-state index >= 15 is 0 Å². The molecule has 0 spiro atoms. The summed E-state index contributed by atoms with van der Waals surface area (Å²) in [6, 6.07) is 1.87. The maximum Gasteiger partial charge on any atom is 0.182 e. The van der Waals surface area contributed by atoms with Gasteiger partial charge in [0, 0.05) is 37.6 Å². The number of hydrogen-bond acceptors (Lipinski definition) is 4. The number of aryl methyl sites for hydroxylation is 1. The third-order valence-electron chi connectivity index (χ3n) is 3.31. The van der Waals surface area contributed by atoms with Crippen LogP contribution in [-0.4, -0.2) is 60.3 Å². The van der Waals surface area contributed by atoms with E-state index in [1.54, 1.807) is 12.4 Å². The Hall–Kier alpha value is -1.26. The van der Waals surface area contributed by atoms with Crippen molar-refractivity contribution in [2.75, 3.05) is 33.7 Å². The normalized spacial score (nSPS) is 22.6. The summed E-state index contributed by atoms with van der Waals surface area (Å²) in [7, 11) is 4.07. The third kappa shape index (κ3) is 2.70. The molecule has 0 bridgehead atoms. The molecule has 1 aliphatic heterocycles. The molecule has 2 rings (SSSR count). The van der Waals surface area contributed by atoms with E-state index in [4.69, 9.17) is 0 Å². The Bertz CT molecular complexity index is 419. The van der Waals surface area contributed by atoms with Crippen molar-refractivity contribution in [3.63, 3.8) is 0 Å². The molecule has 4 heteroatoms. The van der Waals surface area contributed by atoms with Crippen molar-refractivity contribution >= 4 is 5.78 Å². The zero-order valence-corrected chi connectivity index (χ0v) is 10.7. The fraction of sp³-hybridized carbons (Fsp3) is 0.538. The molecule has 1 fully saturated rings. The van der Waals surface area contributed by atoms with Crippen molar-refractivity contribution in [2.24, 2.45) is 0 Å². The van der Waals surface area contributed by atoms with Crippen LogP contribution in [0.25, 0.3) is 0 Å². The summed E-state index contributed by atoms with van der Waals surface area (Å²) in [5, 5.41) is 0. The summed E-state index contributed by atoms with van der Waals surface area (Å²) in [5.74, 6) is 0.176. The van der Waals surface area contributed by atoms with Crippen LogP contribution in [0.5, 0.6) is 0 Å².